The maximum atomic E-state index is 12.5. The molecule has 1 unspecified atom stereocenters. The zero-order valence-electron chi connectivity index (χ0n) is 11.2. The maximum Gasteiger partial charge on any atom is 0.416 e. The predicted molar refractivity (Wildman–Crippen MR) is 68.9 cm³/mol. The van der Waals surface area contributed by atoms with Crippen molar-refractivity contribution in [3.05, 3.63) is 35.4 Å². The van der Waals surface area contributed by atoms with Crippen LogP contribution in [0.5, 0.6) is 0 Å². The van der Waals surface area contributed by atoms with Gasteiger partial charge in [-0.2, -0.15) is 13.2 Å². The van der Waals surface area contributed by atoms with Gasteiger partial charge in [-0.25, -0.2) is 0 Å². The largest absolute Gasteiger partial charge is 0.416 e. The summed E-state index contributed by atoms with van der Waals surface area (Å²) in [5.41, 5.74) is 0.0407. The fraction of sp³-hybridized carbons (Fsp3) is 0.500. The first-order valence-electron chi connectivity index (χ1n) is 6.56. The molecule has 1 saturated heterocycles. The van der Waals surface area contributed by atoms with E-state index in [9.17, 15) is 18.0 Å². The van der Waals surface area contributed by atoms with Crippen LogP contribution in [0.2, 0.25) is 0 Å². The van der Waals surface area contributed by atoms with Gasteiger partial charge in [0.25, 0.3) is 0 Å². The molecule has 0 aromatic heterocycles. The average Bonchev–Trinajstić information content (AvgIpc) is 2.54. The van der Waals surface area contributed by atoms with Crippen molar-refractivity contribution in [2.24, 2.45) is 0 Å². The molecule has 2 rings (SSSR count). The summed E-state index contributed by atoms with van der Waals surface area (Å²) in [5, 5.41) is 3.10. The van der Waals surface area contributed by atoms with E-state index in [1.165, 1.54) is 12.1 Å². The van der Waals surface area contributed by atoms with Crippen LogP contribution in [0.15, 0.2) is 24.3 Å². The third-order valence-electron chi connectivity index (χ3n) is 3.39. The molecule has 1 atom stereocenters. The van der Waals surface area contributed by atoms with Gasteiger partial charge in [0, 0.05) is 13.1 Å². The van der Waals surface area contributed by atoms with Gasteiger partial charge < -0.3 is 10.2 Å². The molecule has 1 aromatic rings. The smallest absolute Gasteiger partial charge is 0.337 e. The number of rotatable bonds is 2. The topological polar surface area (TPSA) is 32.3 Å². The first-order valence-corrected chi connectivity index (χ1v) is 6.56. The molecule has 1 fully saturated rings. The highest BCUT2D eigenvalue weighted by atomic mass is 19.4. The highest BCUT2D eigenvalue weighted by Crippen LogP contribution is 2.29. The second-order valence-electron chi connectivity index (χ2n) is 4.98. The number of benzene rings is 1. The Balaban J connectivity index is 2.07. The van der Waals surface area contributed by atoms with Crippen molar-refractivity contribution in [1.82, 2.24) is 10.2 Å². The van der Waals surface area contributed by atoms with Gasteiger partial charge in [-0.3, -0.25) is 4.79 Å². The molecule has 110 valence electrons. The van der Waals surface area contributed by atoms with Crippen LogP contribution in [0.4, 0.5) is 13.2 Å². The molecule has 1 aromatic carbocycles. The van der Waals surface area contributed by atoms with E-state index in [-0.39, 0.29) is 11.9 Å². The molecule has 0 bridgehead atoms. The number of carbonyl (C=O) groups excluding carboxylic acids is 1. The Kier molecular flexibility index (Phi) is 4.32. The summed E-state index contributed by atoms with van der Waals surface area (Å²) in [4.78, 5) is 13.7. The van der Waals surface area contributed by atoms with Gasteiger partial charge >= 0.3 is 6.18 Å². The van der Waals surface area contributed by atoms with E-state index in [0.717, 1.165) is 25.1 Å². The average molecular weight is 286 g/mol. The molecule has 1 N–H and O–H groups in total. The number of alkyl halides is 3. The Morgan fingerprint density at radius 1 is 1.30 bits per heavy atom. The predicted octanol–water partition coefficient (Wildman–Crippen LogP) is 2.42. The van der Waals surface area contributed by atoms with Crippen LogP contribution < -0.4 is 5.32 Å². The number of nitrogens with one attached hydrogen (secondary N) is 1. The summed E-state index contributed by atoms with van der Waals surface area (Å²) in [6.07, 6.45) is -3.48. The molecule has 1 heterocycles. The van der Waals surface area contributed by atoms with Gasteiger partial charge in [0.1, 0.15) is 0 Å². The van der Waals surface area contributed by atoms with Gasteiger partial charge in [0.2, 0.25) is 5.91 Å². The summed E-state index contributed by atoms with van der Waals surface area (Å²) in [7, 11) is 0. The van der Waals surface area contributed by atoms with E-state index < -0.39 is 11.7 Å². The monoisotopic (exact) mass is 286 g/mol. The molecular formula is C14H17F3N2O. The highest BCUT2D eigenvalue weighted by molar-refractivity contribution is 5.81. The van der Waals surface area contributed by atoms with Crippen LogP contribution in [0, 0.1) is 0 Å². The molecule has 0 radical (unpaired) electrons. The molecule has 3 nitrogen and oxygen atoms in total. The fourth-order valence-corrected chi connectivity index (χ4v) is 2.24. The molecule has 1 aliphatic rings. The van der Waals surface area contributed by atoms with Crippen LogP contribution in [0.3, 0.4) is 0 Å². The van der Waals surface area contributed by atoms with Gasteiger partial charge in [-0.1, -0.05) is 12.1 Å². The van der Waals surface area contributed by atoms with Crippen LogP contribution >= 0.6 is 0 Å². The summed E-state index contributed by atoms with van der Waals surface area (Å²) in [5.74, 6) is -0.0117. The Labute approximate surface area is 115 Å². The number of carbonyl (C=O) groups is 1. The Bertz CT molecular complexity index is 470. The quantitative estimate of drug-likeness (QED) is 0.905. The summed E-state index contributed by atoms with van der Waals surface area (Å²) < 4.78 is 37.4. The van der Waals surface area contributed by atoms with Crippen molar-refractivity contribution in [2.75, 3.05) is 13.1 Å². The van der Waals surface area contributed by atoms with Crippen LogP contribution in [0.25, 0.3) is 0 Å². The molecular weight excluding hydrogens is 269 g/mol. The zero-order chi connectivity index (χ0) is 14.8. The zero-order valence-corrected chi connectivity index (χ0v) is 11.2. The summed E-state index contributed by atoms with van der Waals surface area (Å²) in [6, 6.07) is 4.73. The second kappa shape index (κ2) is 5.83. The van der Waals surface area contributed by atoms with E-state index in [2.05, 4.69) is 5.32 Å². The van der Waals surface area contributed by atoms with Crippen molar-refractivity contribution in [2.45, 2.75) is 32.1 Å². The van der Waals surface area contributed by atoms with Gasteiger partial charge in [-0.05, 0) is 37.6 Å². The van der Waals surface area contributed by atoms with Crippen molar-refractivity contribution < 1.29 is 18.0 Å². The number of halogens is 3. The summed E-state index contributed by atoms with van der Waals surface area (Å²) in [6.45, 7) is 3.55. The number of nitrogens with zero attached hydrogens (tertiary/aromatic N) is 1. The van der Waals surface area contributed by atoms with Crippen LogP contribution in [-0.4, -0.2) is 29.9 Å². The molecule has 1 aliphatic heterocycles. The number of hydrogen-bond donors (Lipinski definition) is 1. The number of amides is 1. The molecule has 0 saturated carbocycles. The third kappa shape index (κ3) is 3.50. The first kappa shape index (κ1) is 14.8. The van der Waals surface area contributed by atoms with E-state index in [4.69, 9.17) is 0 Å². The van der Waals surface area contributed by atoms with Crippen molar-refractivity contribution in [1.29, 1.82) is 0 Å². The second-order valence-corrected chi connectivity index (χ2v) is 4.98. The van der Waals surface area contributed by atoms with Gasteiger partial charge in [-0.15, -0.1) is 0 Å². The van der Waals surface area contributed by atoms with Crippen molar-refractivity contribution in [3.63, 3.8) is 0 Å². The lowest BCUT2D eigenvalue weighted by molar-refractivity contribution is -0.137. The van der Waals surface area contributed by atoms with E-state index in [0.29, 0.717) is 18.7 Å². The SMILES string of the molecule is CC1NCCCN(Cc2ccc(C(F)(F)F)cc2)C1=O. The lowest BCUT2D eigenvalue weighted by Gasteiger charge is -2.22. The van der Waals surface area contributed by atoms with Crippen molar-refractivity contribution in [3.8, 4) is 0 Å². The Morgan fingerprint density at radius 3 is 2.55 bits per heavy atom. The molecule has 20 heavy (non-hydrogen) atoms. The minimum Gasteiger partial charge on any atom is -0.337 e. The fourth-order valence-electron chi connectivity index (χ4n) is 2.24. The normalized spacial score (nSPS) is 20.9. The summed E-state index contributed by atoms with van der Waals surface area (Å²) >= 11 is 0. The third-order valence-corrected chi connectivity index (χ3v) is 3.39. The Morgan fingerprint density at radius 2 is 1.95 bits per heavy atom. The van der Waals surface area contributed by atoms with Gasteiger partial charge in [0.05, 0.1) is 11.6 Å². The maximum absolute atomic E-state index is 12.5. The van der Waals surface area contributed by atoms with Crippen molar-refractivity contribution >= 4 is 5.91 Å². The minimum absolute atomic E-state index is 0.0117. The highest BCUT2D eigenvalue weighted by Gasteiger charge is 2.30. The molecule has 0 aliphatic carbocycles. The molecule has 1 amide bonds. The van der Waals surface area contributed by atoms with Gasteiger partial charge in [0.15, 0.2) is 0 Å². The lowest BCUT2D eigenvalue weighted by Crippen LogP contribution is -2.41. The molecule has 6 heteroatoms. The van der Waals surface area contributed by atoms with E-state index >= 15 is 0 Å². The van der Waals surface area contributed by atoms with Crippen LogP contribution in [-0.2, 0) is 17.5 Å². The lowest BCUT2D eigenvalue weighted by atomic mass is 10.1. The molecule has 0 spiro atoms. The standard InChI is InChI=1S/C14H17F3N2O/c1-10-13(20)19(8-2-7-18-10)9-11-3-5-12(6-4-11)14(15,16)17/h3-6,10,18H,2,7-9H2,1H3. The Hall–Kier alpha value is -1.56. The minimum atomic E-state index is -4.32. The van der Waals surface area contributed by atoms with Crippen LogP contribution in [0.1, 0.15) is 24.5 Å². The first-order chi connectivity index (χ1) is 9.38. The number of hydrogen-bond acceptors (Lipinski definition) is 2. The van der Waals surface area contributed by atoms with E-state index in [1.807, 2.05) is 0 Å². The van der Waals surface area contributed by atoms with E-state index in [1.54, 1.807) is 11.8 Å².